The molecule has 144 valence electrons. The van der Waals surface area contributed by atoms with E-state index >= 15 is 0 Å². The monoisotopic (exact) mass is 392 g/mol. The van der Waals surface area contributed by atoms with Crippen LogP contribution in [0.2, 0.25) is 0 Å². The summed E-state index contributed by atoms with van der Waals surface area (Å²) in [5.74, 6) is -1.56. The normalized spacial score (nSPS) is 16.9. The van der Waals surface area contributed by atoms with Crippen LogP contribution in [-0.4, -0.2) is 20.3 Å². The third-order valence-corrected chi connectivity index (χ3v) is 5.21. The van der Waals surface area contributed by atoms with Crippen LogP contribution in [0.4, 0.5) is 11.7 Å². The molecule has 2 aromatic heterocycles. The number of carbonyl (C=O) groups is 1. The smallest absolute Gasteiger partial charge is 0.405 e. The van der Waals surface area contributed by atoms with E-state index < -0.39 is 28.0 Å². The van der Waals surface area contributed by atoms with Gasteiger partial charge in [-0.05, 0) is 6.07 Å². The molecule has 29 heavy (non-hydrogen) atoms. The van der Waals surface area contributed by atoms with E-state index in [0.29, 0.717) is 16.8 Å². The molecule has 1 aliphatic heterocycles. The highest BCUT2D eigenvalue weighted by Crippen LogP contribution is 2.48. The van der Waals surface area contributed by atoms with Crippen LogP contribution >= 0.6 is 0 Å². The lowest BCUT2D eigenvalue weighted by molar-refractivity contribution is -0.402. The lowest BCUT2D eigenvalue weighted by Crippen LogP contribution is -2.37. The van der Waals surface area contributed by atoms with Crippen molar-refractivity contribution in [3.8, 4) is 0 Å². The SMILES string of the molecule is Cn1c2c(c(=O)[nH]c1=O)[C@@H](c1ccc([N+](=O)[O-])o1)C1=C(N2)c2ccccc2C1=O. The first kappa shape index (κ1) is 16.9. The second-order valence-corrected chi connectivity index (χ2v) is 6.74. The second kappa shape index (κ2) is 5.64. The van der Waals surface area contributed by atoms with Crippen molar-refractivity contribution in [1.82, 2.24) is 9.55 Å². The maximum Gasteiger partial charge on any atom is 0.433 e. The summed E-state index contributed by atoms with van der Waals surface area (Å²) in [4.78, 5) is 50.6. The van der Waals surface area contributed by atoms with Gasteiger partial charge in [-0.1, -0.05) is 24.3 Å². The maximum atomic E-state index is 13.2. The fourth-order valence-corrected chi connectivity index (χ4v) is 3.91. The minimum absolute atomic E-state index is 0.0669. The topological polar surface area (TPSA) is 140 Å². The molecule has 0 bridgehead atoms. The number of aromatic amines is 1. The lowest BCUT2D eigenvalue weighted by atomic mass is 9.85. The molecule has 1 aromatic carbocycles. The average Bonchev–Trinajstić information content (AvgIpc) is 3.30. The van der Waals surface area contributed by atoms with Gasteiger partial charge >= 0.3 is 11.6 Å². The summed E-state index contributed by atoms with van der Waals surface area (Å²) in [7, 11) is 1.47. The zero-order chi connectivity index (χ0) is 20.4. The average molecular weight is 392 g/mol. The van der Waals surface area contributed by atoms with Gasteiger partial charge in [0.05, 0.1) is 23.2 Å². The van der Waals surface area contributed by atoms with Gasteiger partial charge in [-0.2, -0.15) is 0 Å². The number of allylic oxidation sites excluding steroid dienone is 1. The number of nitrogens with one attached hydrogen (secondary N) is 2. The number of fused-ring (bicyclic) bond motifs is 3. The van der Waals surface area contributed by atoms with Crippen LogP contribution in [0.1, 0.15) is 33.2 Å². The molecule has 2 aliphatic rings. The maximum absolute atomic E-state index is 13.2. The van der Waals surface area contributed by atoms with Gasteiger partial charge in [0.2, 0.25) is 0 Å². The van der Waals surface area contributed by atoms with Crippen molar-refractivity contribution >= 4 is 23.2 Å². The number of aromatic nitrogens is 2. The van der Waals surface area contributed by atoms with Crippen LogP contribution in [-0.2, 0) is 7.05 Å². The summed E-state index contributed by atoms with van der Waals surface area (Å²) in [5.41, 5.74) is 0.496. The number of hydrogen-bond acceptors (Lipinski definition) is 7. The molecule has 0 spiro atoms. The molecule has 3 heterocycles. The number of benzene rings is 1. The quantitative estimate of drug-likeness (QED) is 0.500. The highest BCUT2D eigenvalue weighted by atomic mass is 16.6. The van der Waals surface area contributed by atoms with Crippen molar-refractivity contribution in [2.24, 2.45) is 7.05 Å². The van der Waals surface area contributed by atoms with E-state index in [4.69, 9.17) is 4.42 Å². The molecule has 0 unspecified atom stereocenters. The van der Waals surface area contributed by atoms with Gasteiger partial charge in [-0.3, -0.25) is 29.3 Å². The molecule has 0 radical (unpaired) electrons. The molecule has 10 heteroatoms. The Morgan fingerprint density at radius 3 is 2.52 bits per heavy atom. The van der Waals surface area contributed by atoms with Gasteiger partial charge in [0.15, 0.2) is 5.78 Å². The van der Waals surface area contributed by atoms with Gasteiger partial charge in [0, 0.05) is 23.7 Å². The predicted molar refractivity (Wildman–Crippen MR) is 101 cm³/mol. The van der Waals surface area contributed by atoms with Crippen LogP contribution in [0.15, 0.2) is 56.0 Å². The van der Waals surface area contributed by atoms with Crippen LogP contribution < -0.4 is 16.6 Å². The summed E-state index contributed by atoms with van der Waals surface area (Å²) in [6.07, 6.45) is 0. The molecular formula is C19H12N4O6. The minimum Gasteiger partial charge on any atom is -0.405 e. The number of ketones is 1. The fraction of sp³-hybridized carbons (Fsp3) is 0.105. The molecule has 0 fully saturated rings. The summed E-state index contributed by atoms with van der Waals surface area (Å²) in [6.45, 7) is 0. The number of carbonyl (C=O) groups excluding carboxylic acids is 1. The van der Waals surface area contributed by atoms with Crippen molar-refractivity contribution in [2.75, 3.05) is 5.32 Å². The Bertz CT molecular complexity index is 1390. The van der Waals surface area contributed by atoms with Crippen LogP contribution in [0.3, 0.4) is 0 Å². The second-order valence-electron chi connectivity index (χ2n) is 6.74. The van der Waals surface area contributed by atoms with E-state index in [0.717, 1.165) is 0 Å². The number of anilines is 1. The third kappa shape index (κ3) is 2.19. The predicted octanol–water partition coefficient (Wildman–Crippen LogP) is 1.74. The van der Waals surface area contributed by atoms with Crippen molar-refractivity contribution in [3.05, 3.63) is 95.4 Å². The van der Waals surface area contributed by atoms with E-state index in [2.05, 4.69) is 10.3 Å². The van der Waals surface area contributed by atoms with E-state index in [1.165, 1.54) is 23.7 Å². The van der Waals surface area contributed by atoms with Gasteiger partial charge in [0.1, 0.15) is 16.5 Å². The third-order valence-electron chi connectivity index (χ3n) is 5.21. The van der Waals surface area contributed by atoms with Crippen molar-refractivity contribution in [3.63, 3.8) is 0 Å². The van der Waals surface area contributed by atoms with E-state index in [1.807, 2.05) is 0 Å². The molecule has 0 saturated heterocycles. The molecule has 0 saturated carbocycles. The van der Waals surface area contributed by atoms with E-state index in [-0.39, 0.29) is 28.5 Å². The molecular weight excluding hydrogens is 380 g/mol. The fourth-order valence-electron chi connectivity index (χ4n) is 3.91. The number of nitrogens with zero attached hydrogens (tertiary/aromatic N) is 2. The number of H-pyrrole nitrogens is 1. The Labute approximate surface area is 161 Å². The van der Waals surface area contributed by atoms with Gasteiger partial charge in [-0.15, -0.1) is 0 Å². The molecule has 2 N–H and O–H groups in total. The van der Waals surface area contributed by atoms with Gasteiger partial charge in [-0.25, -0.2) is 4.79 Å². The summed E-state index contributed by atoms with van der Waals surface area (Å²) < 4.78 is 6.59. The van der Waals surface area contributed by atoms with Crippen molar-refractivity contribution < 1.29 is 14.1 Å². The van der Waals surface area contributed by atoms with Gasteiger partial charge < -0.3 is 9.73 Å². The molecule has 0 amide bonds. The van der Waals surface area contributed by atoms with Crippen molar-refractivity contribution in [2.45, 2.75) is 5.92 Å². The minimum atomic E-state index is -1.01. The molecule has 1 aliphatic carbocycles. The Kier molecular flexibility index (Phi) is 3.29. The zero-order valence-electron chi connectivity index (χ0n) is 14.9. The van der Waals surface area contributed by atoms with Gasteiger partial charge in [0.25, 0.3) is 5.56 Å². The molecule has 10 nitrogen and oxygen atoms in total. The standard InChI is InChI=1S/C19H12N4O6/c1-22-17-14(18(25)21-19(22)26)12(10-6-7-11(29-10)23(27)28)13-15(20-17)8-4-2-3-5-9(8)16(13)24/h2-7,12,20H,1H3,(H,21,25,26)/t12-/m0/s1. The summed E-state index contributed by atoms with van der Waals surface area (Å²) >= 11 is 0. The first-order valence-corrected chi connectivity index (χ1v) is 8.61. The summed E-state index contributed by atoms with van der Waals surface area (Å²) in [5, 5.41) is 14.1. The Hall–Kier alpha value is -4.21. The molecule has 1 atom stereocenters. The van der Waals surface area contributed by atoms with E-state index in [9.17, 15) is 24.5 Å². The molecule has 3 aromatic rings. The van der Waals surface area contributed by atoms with Crippen LogP contribution in [0.25, 0.3) is 5.70 Å². The highest BCUT2D eigenvalue weighted by molar-refractivity contribution is 6.23. The Morgan fingerprint density at radius 1 is 1.10 bits per heavy atom. The van der Waals surface area contributed by atoms with Crippen molar-refractivity contribution in [1.29, 1.82) is 0 Å². The Balaban J connectivity index is 1.85. The number of rotatable bonds is 2. The number of Topliss-reactive ketones (excluding diaryl/α,β-unsaturated/α-hetero) is 1. The van der Waals surface area contributed by atoms with Crippen LogP contribution in [0.5, 0.6) is 0 Å². The highest BCUT2D eigenvalue weighted by Gasteiger charge is 2.44. The first-order chi connectivity index (χ1) is 13.9. The summed E-state index contributed by atoms with van der Waals surface area (Å²) in [6, 6.07) is 9.43. The number of nitro groups is 1. The number of furan rings is 1. The molecule has 5 rings (SSSR count). The van der Waals surface area contributed by atoms with E-state index in [1.54, 1.807) is 24.3 Å². The zero-order valence-corrected chi connectivity index (χ0v) is 14.9. The number of hydrogen-bond donors (Lipinski definition) is 2. The first-order valence-electron chi connectivity index (χ1n) is 8.61. The Morgan fingerprint density at radius 2 is 1.83 bits per heavy atom. The largest absolute Gasteiger partial charge is 0.433 e. The van der Waals surface area contributed by atoms with Crippen LogP contribution in [0, 0.1) is 10.1 Å². The lowest BCUT2D eigenvalue weighted by Gasteiger charge is -2.27.